The molecule has 2 aromatic carbocycles. The van der Waals surface area contributed by atoms with E-state index in [1.54, 1.807) is 0 Å². The number of hydrogen-bond donors (Lipinski definition) is 1. The third kappa shape index (κ3) is 9.20. The van der Waals surface area contributed by atoms with Crippen LogP contribution >= 0.6 is 0 Å². The Morgan fingerprint density at radius 1 is 0.774 bits per heavy atom. The molecule has 0 saturated carbocycles. The Labute approximate surface area is 189 Å². The summed E-state index contributed by atoms with van der Waals surface area (Å²) in [5.74, 6) is 0.315. The lowest BCUT2D eigenvalue weighted by Gasteiger charge is -2.17. The Bertz CT molecular complexity index is 890. The van der Waals surface area contributed by atoms with Gasteiger partial charge in [-0.05, 0) is 42.2 Å². The fourth-order valence-corrected chi connectivity index (χ4v) is 4.69. The van der Waals surface area contributed by atoms with Crippen LogP contribution in [0.3, 0.4) is 0 Å². The zero-order valence-corrected chi connectivity index (χ0v) is 20.2. The largest absolute Gasteiger partial charge is 0.446 e. The third-order valence-electron chi connectivity index (χ3n) is 5.97. The molecule has 0 bridgehead atoms. The number of fused-ring (bicyclic) bond motifs is 1. The minimum absolute atomic E-state index is 0.315. The maximum atomic E-state index is 11.7. The molecule has 5 heteroatoms. The Kier molecular flexibility index (Phi) is 11.4. The lowest BCUT2D eigenvalue weighted by molar-refractivity contribution is 0.386. The average Bonchev–Trinajstić information content (AvgIpc) is 2.73. The molecule has 0 aliphatic heterocycles. The summed E-state index contributed by atoms with van der Waals surface area (Å²) in [5.41, 5.74) is 2.10. The van der Waals surface area contributed by atoms with Gasteiger partial charge >= 0.3 is 10.4 Å². The molecule has 2 aromatic rings. The van der Waals surface area contributed by atoms with E-state index in [2.05, 4.69) is 19.9 Å². The first-order chi connectivity index (χ1) is 15.0. The molecule has 0 radical (unpaired) electrons. The van der Waals surface area contributed by atoms with Crippen molar-refractivity contribution < 1.29 is 17.2 Å². The number of benzene rings is 2. The molecular formula is C26H40O4S. The molecule has 4 nitrogen and oxygen atoms in total. The smallest absolute Gasteiger partial charge is 0.361 e. The summed E-state index contributed by atoms with van der Waals surface area (Å²) in [6.45, 7) is 4.43. The van der Waals surface area contributed by atoms with Gasteiger partial charge in [0.25, 0.3) is 0 Å². The molecule has 0 aliphatic rings. The van der Waals surface area contributed by atoms with Crippen molar-refractivity contribution in [2.24, 2.45) is 0 Å². The molecule has 0 aromatic heterocycles. The summed E-state index contributed by atoms with van der Waals surface area (Å²) in [6, 6.07) is 9.86. The Morgan fingerprint density at radius 3 is 1.94 bits per heavy atom. The summed E-state index contributed by atoms with van der Waals surface area (Å²) >= 11 is 0. The van der Waals surface area contributed by atoms with Crippen LogP contribution in [0, 0.1) is 0 Å². The molecular weight excluding hydrogens is 408 g/mol. The summed E-state index contributed by atoms with van der Waals surface area (Å²) in [4.78, 5) is 0. The number of rotatable bonds is 16. The van der Waals surface area contributed by atoms with Gasteiger partial charge in [0.2, 0.25) is 0 Å². The molecule has 2 rings (SSSR count). The second-order valence-corrected chi connectivity index (χ2v) is 9.63. The summed E-state index contributed by atoms with van der Waals surface area (Å²) in [7, 11) is -4.59. The minimum Gasteiger partial charge on any atom is -0.361 e. The van der Waals surface area contributed by atoms with E-state index in [-0.39, 0.29) is 0 Å². The van der Waals surface area contributed by atoms with Crippen molar-refractivity contribution in [3.63, 3.8) is 0 Å². The van der Waals surface area contributed by atoms with Crippen LogP contribution in [0.2, 0.25) is 0 Å². The molecule has 0 heterocycles. The van der Waals surface area contributed by atoms with Crippen molar-refractivity contribution in [3.05, 3.63) is 41.5 Å². The Morgan fingerprint density at radius 2 is 1.32 bits per heavy atom. The highest BCUT2D eigenvalue weighted by Gasteiger charge is 2.19. The molecule has 1 N–H and O–H groups in total. The van der Waals surface area contributed by atoms with E-state index < -0.39 is 10.4 Å². The highest BCUT2D eigenvalue weighted by Crippen LogP contribution is 2.36. The zero-order valence-electron chi connectivity index (χ0n) is 19.4. The number of hydrogen-bond acceptors (Lipinski definition) is 3. The highest BCUT2D eigenvalue weighted by molar-refractivity contribution is 7.81. The van der Waals surface area contributed by atoms with Crippen molar-refractivity contribution in [3.8, 4) is 5.75 Å². The van der Waals surface area contributed by atoms with Gasteiger partial charge in [0.05, 0.1) is 0 Å². The van der Waals surface area contributed by atoms with Gasteiger partial charge in [0.15, 0.2) is 5.75 Å². The zero-order chi connectivity index (χ0) is 22.5. The second-order valence-electron chi connectivity index (χ2n) is 8.61. The van der Waals surface area contributed by atoms with E-state index in [0.717, 1.165) is 54.0 Å². The SMILES string of the molecule is CCCCCCCCc1cc2ccccc2c(OS(=O)(=O)O)c1CCCCCCCC. The van der Waals surface area contributed by atoms with Crippen molar-refractivity contribution in [1.29, 1.82) is 0 Å². The van der Waals surface area contributed by atoms with Crippen LogP contribution in [0.25, 0.3) is 10.8 Å². The number of unbranched alkanes of at least 4 members (excludes halogenated alkanes) is 10. The first kappa shape index (κ1) is 25.7. The Balaban J connectivity index is 2.25. The van der Waals surface area contributed by atoms with Crippen molar-refractivity contribution >= 4 is 21.2 Å². The fourth-order valence-electron chi connectivity index (χ4n) is 4.29. The van der Waals surface area contributed by atoms with Gasteiger partial charge in [-0.1, -0.05) is 108 Å². The molecule has 0 aliphatic carbocycles. The van der Waals surface area contributed by atoms with E-state index in [1.807, 2.05) is 24.3 Å². The topological polar surface area (TPSA) is 63.6 Å². The number of aryl methyl sites for hydroxylation is 1. The van der Waals surface area contributed by atoms with Gasteiger partial charge in [-0.15, -0.1) is 0 Å². The molecule has 174 valence electrons. The average molecular weight is 449 g/mol. The van der Waals surface area contributed by atoms with Crippen LogP contribution < -0.4 is 4.18 Å². The van der Waals surface area contributed by atoms with Gasteiger partial charge < -0.3 is 4.18 Å². The molecule has 31 heavy (non-hydrogen) atoms. The summed E-state index contributed by atoms with van der Waals surface area (Å²) in [6.07, 6.45) is 16.0. The van der Waals surface area contributed by atoms with E-state index in [4.69, 9.17) is 4.18 Å². The predicted molar refractivity (Wildman–Crippen MR) is 130 cm³/mol. The molecule has 0 spiro atoms. The third-order valence-corrected chi connectivity index (χ3v) is 6.34. The van der Waals surface area contributed by atoms with Crippen molar-refractivity contribution in [1.82, 2.24) is 0 Å². The molecule has 0 unspecified atom stereocenters. The van der Waals surface area contributed by atoms with E-state index in [0.29, 0.717) is 5.75 Å². The first-order valence-electron chi connectivity index (χ1n) is 12.2. The maximum Gasteiger partial charge on any atom is 0.446 e. The van der Waals surface area contributed by atoms with Gasteiger partial charge in [-0.3, -0.25) is 4.55 Å². The van der Waals surface area contributed by atoms with Crippen molar-refractivity contribution in [2.45, 2.75) is 104 Å². The van der Waals surface area contributed by atoms with E-state index >= 15 is 0 Å². The molecule has 0 saturated heterocycles. The van der Waals surface area contributed by atoms with Gasteiger partial charge in [0.1, 0.15) is 0 Å². The standard InChI is InChI=1S/C26H40O4S/c1-3-5-7-9-11-13-17-22-21-23-18-15-16-20-25(23)26(30-31(27,28)29)24(22)19-14-12-10-8-6-4-2/h15-16,18,20-21H,3-14,17,19H2,1-2H3,(H,27,28,29). The normalized spacial score (nSPS) is 11.8. The second kappa shape index (κ2) is 13.7. The minimum atomic E-state index is -4.59. The van der Waals surface area contributed by atoms with Crippen LogP contribution in [0.15, 0.2) is 30.3 Å². The quantitative estimate of drug-likeness (QED) is 0.210. The van der Waals surface area contributed by atoms with Crippen LogP contribution in [0.4, 0.5) is 0 Å². The maximum absolute atomic E-state index is 11.7. The van der Waals surface area contributed by atoms with E-state index in [1.165, 1.54) is 57.8 Å². The monoisotopic (exact) mass is 448 g/mol. The van der Waals surface area contributed by atoms with Crippen LogP contribution in [0.1, 0.15) is 102 Å². The van der Waals surface area contributed by atoms with Gasteiger partial charge in [-0.2, -0.15) is 8.42 Å². The van der Waals surface area contributed by atoms with Crippen LogP contribution in [-0.2, 0) is 23.2 Å². The van der Waals surface area contributed by atoms with Gasteiger partial charge in [-0.25, -0.2) is 0 Å². The van der Waals surface area contributed by atoms with Crippen LogP contribution in [-0.4, -0.2) is 13.0 Å². The predicted octanol–water partition coefficient (Wildman–Crippen LogP) is 7.83. The Hall–Kier alpha value is -1.59. The molecule has 0 atom stereocenters. The fraction of sp³-hybridized carbons (Fsp3) is 0.615. The molecule has 0 fully saturated rings. The summed E-state index contributed by atoms with van der Waals surface area (Å²) < 4.78 is 37.9. The van der Waals surface area contributed by atoms with Crippen molar-refractivity contribution in [2.75, 3.05) is 0 Å². The first-order valence-corrected chi connectivity index (χ1v) is 13.5. The van der Waals surface area contributed by atoms with Gasteiger partial charge in [0, 0.05) is 5.39 Å². The lowest BCUT2D eigenvalue weighted by atomic mass is 9.92. The summed E-state index contributed by atoms with van der Waals surface area (Å²) in [5, 5.41) is 1.70. The van der Waals surface area contributed by atoms with Crippen LogP contribution in [0.5, 0.6) is 5.75 Å². The lowest BCUT2D eigenvalue weighted by Crippen LogP contribution is -2.10. The van der Waals surface area contributed by atoms with E-state index in [9.17, 15) is 13.0 Å². The highest BCUT2D eigenvalue weighted by atomic mass is 32.3. The molecule has 0 amide bonds.